The summed E-state index contributed by atoms with van der Waals surface area (Å²) in [5.74, 6) is -0.0238. The summed E-state index contributed by atoms with van der Waals surface area (Å²) in [6.07, 6.45) is 2.78. The van der Waals surface area contributed by atoms with E-state index in [1.54, 1.807) is 4.90 Å². The average Bonchev–Trinajstić information content (AvgIpc) is 2.95. The number of rotatable bonds is 4. The lowest BCUT2D eigenvalue weighted by Crippen LogP contribution is -2.35. The molecular formula is C32H25ClN2O2S. The van der Waals surface area contributed by atoms with E-state index < -0.39 is 0 Å². The molecule has 2 aliphatic rings. The van der Waals surface area contributed by atoms with Gasteiger partial charge in [-0.15, -0.1) is 0 Å². The zero-order valence-electron chi connectivity index (χ0n) is 20.6. The molecular weight excluding hydrogens is 512 g/mol. The summed E-state index contributed by atoms with van der Waals surface area (Å²) >= 11 is 7.67. The van der Waals surface area contributed by atoms with Gasteiger partial charge >= 0.3 is 0 Å². The van der Waals surface area contributed by atoms with E-state index in [0.29, 0.717) is 35.1 Å². The van der Waals surface area contributed by atoms with Gasteiger partial charge in [-0.25, -0.2) is 0 Å². The molecule has 0 N–H and O–H groups in total. The van der Waals surface area contributed by atoms with Gasteiger partial charge in [0.05, 0.1) is 17.1 Å². The highest BCUT2D eigenvalue weighted by Crippen LogP contribution is 2.42. The number of thioether (sulfide) groups is 1. The Balaban J connectivity index is 1.23. The quantitative estimate of drug-likeness (QED) is 0.259. The Kier molecular flexibility index (Phi) is 6.79. The molecule has 188 valence electrons. The van der Waals surface area contributed by atoms with Crippen LogP contribution in [0.4, 0.5) is 5.69 Å². The molecule has 4 nitrogen and oxygen atoms in total. The molecule has 38 heavy (non-hydrogen) atoms. The van der Waals surface area contributed by atoms with Gasteiger partial charge < -0.3 is 9.80 Å². The second kappa shape index (κ2) is 10.5. The monoisotopic (exact) mass is 536 g/mol. The maximum Gasteiger partial charge on any atom is 0.265 e. The maximum atomic E-state index is 13.6. The molecule has 0 spiro atoms. The van der Waals surface area contributed by atoms with Crippen LogP contribution in [0.5, 0.6) is 0 Å². The molecule has 2 amide bonds. The molecule has 0 atom stereocenters. The Morgan fingerprint density at radius 2 is 1.66 bits per heavy atom. The van der Waals surface area contributed by atoms with Crippen molar-refractivity contribution in [3.05, 3.63) is 135 Å². The molecule has 4 aromatic carbocycles. The SMILES string of the molecule is O=C(c1ccc(C=C2Sc3ccccc3N(Cc3cccc(Cl)c3)C2=O)cc1)N1CCc2ccccc2C1. The summed E-state index contributed by atoms with van der Waals surface area (Å²) in [6.45, 7) is 1.78. The molecule has 0 radical (unpaired) electrons. The summed E-state index contributed by atoms with van der Waals surface area (Å²) in [7, 11) is 0. The van der Waals surface area contributed by atoms with Gasteiger partial charge in [-0.3, -0.25) is 9.59 Å². The van der Waals surface area contributed by atoms with E-state index >= 15 is 0 Å². The molecule has 0 aromatic heterocycles. The van der Waals surface area contributed by atoms with Crippen LogP contribution in [0.2, 0.25) is 5.02 Å². The van der Waals surface area contributed by atoms with Crippen molar-refractivity contribution in [3.8, 4) is 0 Å². The minimum Gasteiger partial charge on any atom is -0.334 e. The fraction of sp³-hybridized carbons (Fsp3) is 0.125. The van der Waals surface area contributed by atoms with Crippen LogP contribution in [-0.2, 0) is 24.3 Å². The first kappa shape index (κ1) is 24.5. The van der Waals surface area contributed by atoms with Gasteiger partial charge in [-0.2, -0.15) is 0 Å². The van der Waals surface area contributed by atoms with E-state index in [9.17, 15) is 9.59 Å². The van der Waals surface area contributed by atoms with Crippen LogP contribution in [0.15, 0.2) is 107 Å². The summed E-state index contributed by atoms with van der Waals surface area (Å²) in [5.41, 5.74) is 5.92. The maximum absolute atomic E-state index is 13.6. The molecule has 0 bridgehead atoms. The van der Waals surface area contributed by atoms with Gasteiger partial charge in [0, 0.05) is 28.6 Å². The van der Waals surface area contributed by atoms with E-state index in [1.165, 1.54) is 22.9 Å². The van der Waals surface area contributed by atoms with E-state index in [-0.39, 0.29) is 11.8 Å². The number of hydrogen-bond acceptors (Lipinski definition) is 3. The summed E-state index contributed by atoms with van der Waals surface area (Å²) in [6, 6.07) is 31.4. The zero-order chi connectivity index (χ0) is 26.1. The van der Waals surface area contributed by atoms with Crippen molar-refractivity contribution in [1.29, 1.82) is 0 Å². The summed E-state index contributed by atoms with van der Waals surface area (Å²) < 4.78 is 0. The van der Waals surface area contributed by atoms with Gasteiger partial charge in [-0.1, -0.05) is 84.0 Å². The van der Waals surface area contributed by atoms with Crippen LogP contribution >= 0.6 is 23.4 Å². The number of carbonyl (C=O) groups is 2. The van der Waals surface area contributed by atoms with Crippen molar-refractivity contribution in [1.82, 2.24) is 4.90 Å². The summed E-state index contributed by atoms with van der Waals surface area (Å²) in [4.78, 5) is 32.2. The Labute approximate surface area is 231 Å². The van der Waals surface area contributed by atoms with Crippen LogP contribution < -0.4 is 4.90 Å². The summed E-state index contributed by atoms with van der Waals surface area (Å²) in [5, 5.41) is 0.647. The second-order valence-corrected chi connectivity index (χ2v) is 11.0. The third kappa shape index (κ3) is 5.00. The highest BCUT2D eigenvalue weighted by atomic mass is 35.5. The number of hydrogen-bond donors (Lipinski definition) is 0. The second-order valence-electron chi connectivity index (χ2n) is 9.47. The predicted octanol–water partition coefficient (Wildman–Crippen LogP) is 7.22. The van der Waals surface area contributed by atoms with E-state index in [1.807, 2.05) is 95.9 Å². The van der Waals surface area contributed by atoms with Crippen LogP contribution in [0, 0.1) is 0 Å². The largest absolute Gasteiger partial charge is 0.334 e. The Bertz CT molecular complexity index is 1560. The molecule has 6 heteroatoms. The number of fused-ring (bicyclic) bond motifs is 2. The first-order valence-electron chi connectivity index (χ1n) is 12.6. The lowest BCUT2D eigenvalue weighted by Gasteiger charge is -2.30. The smallest absolute Gasteiger partial charge is 0.265 e. The lowest BCUT2D eigenvalue weighted by atomic mass is 9.99. The number of nitrogens with zero attached hydrogens (tertiary/aromatic N) is 2. The highest BCUT2D eigenvalue weighted by molar-refractivity contribution is 8.04. The Hall–Kier alpha value is -3.80. The number of amides is 2. The number of carbonyl (C=O) groups excluding carboxylic acids is 2. The Morgan fingerprint density at radius 3 is 2.47 bits per heavy atom. The molecule has 0 fully saturated rings. The molecule has 0 saturated carbocycles. The number of anilines is 1. The van der Waals surface area contributed by atoms with Crippen LogP contribution in [0.25, 0.3) is 6.08 Å². The predicted molar refractivity (Wildman–Crippen MR) is 154 cm³/mol. The van der Waals surface area contributed by atoms with Crippen molar-refractivity contribution in [3.63, 3.8) is 0 Å². The fourth-order valence-electron chi connectivity index (χ4n) is 4.96. The fourth-order valence-corrected chi connectivity index (χ4v) is 6.23. The van der Waals surface area contributed by atoms with Gasteiger partial charge in [0.15, 0.2) is 0 Å². The first-order valence-corrected chi connectivity index (χ1v) is 13.8. The van der Waals surface area contributed by atoms with Gasteiger partial charge in [0.2, 0.25) is 0 Å². The topological polar surface area (TPSA) is 40.6 Å². The van der Waals surface area contributed by atoms with Crippen molar-refractivity contribution >= 4 is 46.9 Å². The van der Waals surface area contributed by atoms with Crippen molar-refractivity contribution < 1.29 is 9.59 Å². The Morgan fingerprint density at radius 1 is 0.895 bits per heavy atom. The third-order valence-corrected chi connectivity index (χ3v) is 8.25. The average molecular weight is 537 g/mol. The van der Waals surface area contributed by atoms with Gasteiger partial charge in [0.1, 0.15) is 0 Å². The van der Waals surface area contributed by atoms with E-state index in [2.05, 4.69) is 12.1 Å². The van der Waals surface area contributed by atoms with Crippen molar-refractivity contribution in [2.45, 2.75) is 24.4 Å². The highest BCUT2D eigenvalue weighted by Gasteiger charge is 2.29. The molecule has 2 heterocycles. The zero-order valence-corrected chi connectivity index (χ0v) is 22.2. The van der Waals surface area contributed by atoms with Crippen LogP contribution in [0.1, 0.15) is 32.6 Å². The third-order valence-electron chi connectivity index (χ3n) is 6.93. The van der Waals surface area contributed by atoms with E-state index in [0.717, 1.165) is 28.1 Å². The molecule has 6 rings (SSSR count). The molecule has 0 unspecified atom stereocenters. The molecule has 2 aliphatic heterocycles. The van der Waals surface area contributed by atoms with Crippen LogP contribution in [-0.4, -0.2) is 23.3 Å². The number of benzene rings is 4. The minimum absolute atomic E-state index is 0.0310. The van der Waals surface area contributed by atoms with Crippen molar-refractivity contribution in [2.75, 3.05) is 11.4 Å². The molecule has 0 saturated heterocycles. The molecule has 0 aliphatic carbocycles. The van der Waals surface area contributed by atoms with Gasteiger partial charge in [0.25, 0.3) is 11.8 Å². The van der Waals surface area contributed by atoms with Crippen LogP contribution in [0.3, 0.4) is 0 Å². The van der Waals surface area contributed by atoms with Crippen molar-refractivity contribution in [2.24, 2.45) is 0 Å². The number of halogens is 1. The normalized spacial score (nSPS) is 15.8. The molecule has 4 aromatic rings. The minimum atomic E-state index is -0.0548. The first-order chi connectivity index (χ1) is 18.5. The van der Waals surface area contributed by atoms with Gasteiger partial charge in [-0.05, 0) is 71.1 Å². The number of para-hydroxylation sites is 1. The van der Waals surface area contributed by atoms with E-state index in [4.69, 9.17) is 11.6 Å². The standard InChI is InChI=1S/C32H25ClN2O2S/c33-27-9-5-6-23(18-27)20-35-28-10-3-4-11-29(28)38-30(32(35)37)19-22-12-14-25(15-13-22)31(36)34-17-16-24-7-1-2-8-26(24)21-34/h1-15,18-19H,16-17,20-21H2. The lowest BCUT2D eigenvalue weighted by molar-refractivity contribution is -0.114.